The van der Waals surface area contributed by atoms with E-state index in [1.807, 2.05) is 19.9 Å². The zero-order chi connectivity index (χ0) is 20.0. The van der Waals surface area contributed by atoms with E-state index in [0.717, 1.165) is 33.3 Å². The van der Waals surface area contributed by atoms with Crippen molar-refractivity contribution in [1.82, 2.24) is 20.2 Å². The van der Waals surface area contributed by atoms with Crippen molar-refractivity contribution in [2.75, 3.05) is 24.7 Å². The van der Waals surface area contributed by atoms with E-state index in [1.54, 1.807) is 0 Å². The molecule has 8 nitrogen and oxygen atoms in total. The molecule has 0 aliphatic carbocycles. The molecule has 0 aliphatic rings. The van der Waals surface area contributed by atoms with Gasteiger partial charge in [0, 0.05) is 6.54 Å². The third kappa shape index (κ3) is 5.72. The van der Waals surface area contributed by atoms with Crippen LogP contribution >= 0.6 is 11.8 Å². The number of carbonyl (C=O) groups excluding carboxylic acids is 1. The fourth-order valence-electron chi connectivity index (χ4n) is 2.38. The smallest absolute Gasteiger partial charge is 0.294 e. The van der Waals surface area contributed by atoms with E-state index >= 15 is 0 Å². The fourth-order valence-corrected chi connectivity index (χ4v) is 3.07. The van der Waals surface area contributed by atoms with Gasteiger partial charge in [-0.25, -0.2) is 0 Å². The monoisotopic (exact) mass is 391 g/mol. The quantitative estimate of drug-likeness (QED) is 0.396. The van der Waals surface area contributed by atoms with Gasteiger partial charge >= 0.3 is 0 Å². The Labute approximate surface area is 162 Å². The molecule has 9 heteroatoms. The Morgan fingerprint density at radius 3 is 2.74 bits per heavy atom. The summed E-state index contributed by atoms with van der Waals surface area (Å²) >= 11 is 1.06. The Bertz CT molecular complexity index is 882. The molecule has 146 valence electrons. The Balaban J connectivity index is 1.71. The number of rotatable bonds is 8. The molecule has 27 heavy (non-hydrogen) atoms. The van der Waals surface area contributed by atoms with Crippen LogP contribution in [0.4, 0.5) is 0 Å². The summed E-state index contributed by atoms with van der Waals surface area (Å²) in [5.41, 5.74) is 3.29. The number of hydrogen-bond donors (Lipinski definition) is 2. The van der Waals surface area contributed by atoms with Gasteiger partial charge in [-0.1, -0.05) is 17.8 Å². The summed E-state index contributed by atoms with van der Waals surface area (Å²) in [5, 5.41) is 10.6. The van der Waals surface area contributed by atoms with Crippen LogP contribution in [0.25, 0.3) is 0 Å². The highest BCUT2D eigenvalue weighted by molar-refractivity contribution is 7.99. The maximum atomic E-state index is 11.9. The molecule has 0 aliphatic heterocycles. The maximum Gasteiger partial charge on any atom is 0.294 e. The summed E-state index contributed by atoms with van der Waals surface area (Å²) in [7, 11) is 0. The number of nitrogens with two attached hydrogens (primary N) is 1. The van der Waals surface area contributed by atoms with Crippen molar-refractivity contribution in [3.05, 3.63) is 44.9 Å². The van der Waals surface area contributed by atoms with Gasteiger partial charge in [0.2, 0.25) is 11.1 Å². The first-order chi connectivity index (χ1) is 12.8. The molecule has 0 unspecified atom stereocenters. The molecule has 0 radical (unpaired) electrons. The second-order valence-electron chi connectivity index (χ2n) is 6.29. The van der Waals surface area contributed by atoms with Crippen molar-refractivity contribution in [2.45, 2.75) is 39.3 Å². The highest BCUT2D eigenvalue weighted by atomic mass is 32.2. The highest BCUT2D eigenvalue weighted by Crippen LogP contribution is 2.23. The second kappa shape index (κ2) is 9.40. The van der Waals surface area contributed by atoms with Gasteiger partial charge in [-0.15, -0.1) is 10.2 Å². The SMILES string of the molecule is Cc1cc(C)c(C)c(OCCCNC(=O)CSc2nnc(C)c(=O)n2N)c1. The molecule has 1 aromatic carbocycles. The van der Waals surface area contributed by atoms with E-state index in [9.17, 15) is 9.59 Å². The van der Waals surface area contributed by atoms with E-state index in [2.05, 4.69) is 28.5 Å². The topological polar surface area (TPSA) is 112 Å². The predicted molar refractivity (Wildman–Crippen MR) is 106 cm³/mol. The van der Waals surface area contributed by atoms with Crippen molar-refractivity contribution in [2.24, 2.45) is 0 Å². The number of ether oxygens (including phenoxy) is 1. The van der Waals surface area contributed by atoms with Crippen molar-refractivity contribution >= 4 is 17.7 Å². The minimum atomic E-state index is -0.424. The third-order valence-electron chi connectivity index (χ3n) is 4.02. The van der Waals surface area contributed by atoms with Crippen molar-refractivity contribution in [1.29, 1.82) is 0 Å². The minimum Gasteiger partial charge on any atom is -0.493 e. The lowest BCUT2D eigenvalue weighted by Gasteiger charge is -2.12. The van der Waals surface area contributed by atoms with E-state index in [-0.39, 0.29) is 22.5 Å². The van der Waals surface area contributed by atoms with Crippen LogP contribution < -0.4 is 21.5 Å². The number of aromatic nitrogens is 3. The zero-order valence-corrected chi connectivity index (χ0v) is 16.9. The summed E-state index contributed by atoms with van der Waals surface area (Å²) in [5.74, 6) is 6.45. The number of nitrogens with zero attached hydrogens (tertiary/aromatic N) is 3. The first-order valence-corrected chi connectivity index (χ1v) is 9.59. The number of nitrogens with one attached hydrogen (secondary N) is 1. The minimum absolute atomic E-state index is 0.103. The van der Waals surface area contributed by atoms with Crippen molar-refractivity contribution < 1.29 is 9.53 Å². The summed E-state index contributed by atoms with van der Waals surface area (Å²) in [6, 6.07) is 4.14. The standard InChI is InChI=1S/C18H25N5O3S/c1-11-8-12(2)13(3)15(9-11)26-7-5-6-20-16(24)10-27-18-22-21-14(4)17(25)23(18)19/h8-9H,5-7,10,19H2,1-4H3,(H,20,24). The van der Waals surface area contributed by atoms with E-state index in [1.165, 1.54) is 12.5 Å². The van der Waals surface area contributed by atoms with Gasteiger partial charge in [0.25, 0.3) is 5.56 Å². The Morgan fingerprint density at radius 2 is 2.00 bits per heavy atom. The molecule has 0 fully saturated rings. The molecule has 1 amide bonds. The number of carbonyl (C=O) groups is 1. The van der Waals surface area contributed by atoms with Crippen molar-refractivity contribution in [3.63, 3.8) is 0 Å². The lowest BCUT2D eigenvalue weighted by atomic mass is 10.1. The first-order valence-electron chi connectivity index (χ1n) is 8.61. The highest BCUT2D eigenvalue weighted by Gasteiger charge is 2.10. The predicted octanol–water partition coefficient (Wildman–Crippen LogP) is 1.26. The third-order valence-corrected chi connectivity index (χ3v) is 4.96. The van der Waals surface area contributed by atoms with E-state index in [0.29, 0.717) is 19.6 Å². The molecule has 0 spiro atoms. The average molecular weight is 391 g/mol. The number of aryl methyl sites for hydroxylation is 3. The van der Waals surface area contributed by atoms with Crippen LogP contribution in [0.3, 0.4) is 0 Å². The molecular weight excluding hydrogens is 366 g/mol. The molecule has 1 aromatic heterocycles. The number of hydrogen-bond acceptors (Lipinski definition) is 7. The summed E-state index contributed by atoms with van der Waals surface area (Å²) in [4.78, 5) is 23.6. The van der Waals surface area contributed by atoms with Crippen LogP contribution in [0.1, 0.15) is 28.8 Å². The largest absolute Gasteiger partial charge is 0.493 e. The molecule has 0 atom stereocenters. The van der Waals surface area contributed by atoms with Gasteiger partial charge in [-0.3, -0.25) is 9.59 Å². The van der Waals surface area contributed by atoms with Gasteiger partial charge in [0.15, 0.2) is 0 Å². The van der Waals surface area contributed by atoms with Gasteiger partial charge < -0.3 is 15.9 Å². The Morgan fingerprint density at radius 1 is 1.26 bits per heavy atom. The molecule has 1 heterocycles. The van der Waals surface area contributed by atoms with Crippen LogP contribution in [-0.4, -0.2) is 39.7 Å². The van der Waals surface area contributed by atoms with Crippen molar-refractivity contribution in [3.8, 4) is 5.75 Å². The fraction of sp³-hybridized carbons (Fsp3) is 0.444. The summed E-state index contributed by atoms with van der Waals surface area (Å²) in [6.45, 7) is 8.68. The first kappa shape index (κ1) is 20.8. The molecule has 2 aromatic rings. The van der Waals surface area contributed by atoms with E-state index < -0.39 is 5.56 Å². The van der Waals surface area contributed by atoms with Crippen LogP contribution in [0.15, 0.2) is 22.1 Å². The lowest BCUT2D eigenvalue weighted by molar-refractivity contribution is -0.118. The van der Waals surface area contributed by atoms with Crippen LogP contribution in [0, 0.1) is 27.7 Å². The molecule has 0 saturated carbocycles. The van der Waals surface area contributed by atoms with E-state index in [4.69, 9.17) is 10.6 Å². The van der Waals surface area contributed by atoms with Gasteiger partial charge in [0.1, 0.15) is 11.4 Å². The Kier molecular flexibility index (Phi) is 7.23. The number of amides is 1. The normalized spacial score (nSPS) is 10.7. The van der Waals surface area contributed by atoms with Gasteiger partial charge in [-0.05, 0) is 56.9 Å². The number of thioether (sulfide) groups is 1. The van der Waals surface area contributed by atoms with Gasteiger partial charge in [0.05, 0.1) is 12.4 Å². The second-order valence-corrected chi connectivity index (χ2v) is 7.23. The zero-order valence-electron chi connectivity index (χ0n) is 16.0. The molecule has 2 rings (SSSR count). The molecule has 0 bridgehead atoms. The van der Waals surface area contributed by atoms with Crippen LogP contribution in [0.2, 0.25) is 0 Å². The number of benzene rings is 1. The summed E-state index contributed by atoms with van der Waals surface area (Å²) < 4.78 is 6.72. The molecule has 0 saturated heterocycles. The van der Waals surface area contributed by atoms with Gasteiger partial charge in [-0.2, -0.15) is 4.68 Å². The maximum absolute atomic E-state index is 11.9. The van der Waals surface area contributed by atoms with Crippen LogP contribution in [0.5, 0.6) is 5.75 Å². The lowest BCUT2D eigenvalue weighted by Crippen LogP contribution is -2.33. The average Bonchev–Trinajstić information content (AvgIpc) is 2.62. The number of nitrogen functional groups attached to an aromatic ring is 1. The molecule has 3 N–H and O–H groups in total. The van der Waals surface area contributed by atoms with Crippen LogP contribution in [-0.2, 0) is 4.79 Å². The molecular formula is C18H25N5O3S. The summed E-state index contributed by atoms with van der Waals surface area (Å²) in [6.07, 6.45) is 0.689. The Hall–Kier alpha value is -2.55.